The fourth-order valence-corrected chi connectivity index (χ4v) is 2.61. The lowest BCUT2D eigenvalue weighted by atomic mass is 10.2. The summed E-state index contributed by atoms with van der Waals surface area (Å²) in [7, 11) is 1.98. The summed E-state index contributed by atoms with van der Waals surface area (Å²) in [6, 6.07) is 14.3. The minimum absolute atomic E-state index is 0.670. The molecule has 0 fully saturated rings. The number of pyridine rings is 1. The molecule has 2 nitrogen and oxygen atoms in total. The number of nitrogens with zero attached hydrogens (tertiary/aromatic N) is 2. The van der Waals surface area contributed by atoms with E-state index in [1.54, 1.807) is 11.8 Å². The minimum Gasteiger partial charge on any atom is -0.336 e. The van der Waals surface area contributed by atoms with Crippen molar-refractivity contribution in [1.29, 1.82) is 0 Å². The molecule has 0 saturated carbocycles. The number of rotatable bonds is 2. The van der Waals surface area contributed by atoms with Crippen LogP contribution < -0.4 is 5.49 Å². The van der Waals surface area contributed by atoms with Gasteiger partial charge in [0.15, 0.2) is 4.32 Å². The number of aromatic nitrogens is 1. The van der Waals surface area contributed by atoms with E-state index in [0.29, 0.717) is 4.32 Å². The zero-order valence-electron chi connectivity index (χ0n) is 11.0. The third-order valence-electron chi connectivity index (χ3n) is 2.66. The van der Waals surface area contributed by atoms with E-state index in [9.17, 15) is 0 Å². The van der Waals surface area contributed by atoms with Crippen LogP contribution in [0.5, 0.6) is 0 Å². The van der Waals surface area contributed by atoms with E-state index in [1.807, 2.05) is 48.1 Å². The number of hydrogen-bond acceptors (Lipinski definition) is 2. The Kier molecular flexibility index (Phi) is 4.93. The van der Waals surface area contributed by atoms with E-state index in [4.69, 9.17) is 12.2 Å². The highest BCUT2D eigenvalue weighted by Crippen LogP contribution is 2.14. The number of hydrogen-bond donors (Lipinski definition) is 0. The first-order valence-electron chi connectivity index (χ1n) is 6.04. The van der Waals surface area contributed by atoms with E-state index in [0.717, 1.165) is 11.2 Å². The van der Waals surface area contributed by atoms with Gasteiger partial charge in [-0.1, -0.05) is 60.4 Å². The van der Waals surface area contributed by atoms with Gasteiger partial charge in [0.2, 0.25) is 0 Å². The molecule has 0 unspecified atom stereocenters. The molecule has 0 aliphatic heterocycles. The highest BCUT2D eigenvalue weighted by atomic mass is 32.2. The Balaban J connectivity index is 2.05. The van der Waals surface area contributed by atoms with Crippen LogP contribution in [0.4, 0.5) is 0 Å². The maximum Gasteiger partial charge on any atom is 0.162 e. The van der Waals surface area contributed by atoms with Gasteiger partial charge >= 0.3 is 0 Å². The number of aryl methyl sites for hydroxylation is 2. The van der Waals surface area contributed by atoms with Gasteiger partial charge in [-0.3, -0.25) is 0 Å². The van der Waals surface area contributed by atoms with E-state index in [1.165, 1.54) is 11.1 Å². The predicted molar refractivity (Wildman–Crippen MR) is 86.0 cm³/mol. The summed E-state index contributed by atoms with van der Waals surface area (Å²) in [6.07, 6.45) is 2.04. The van der Waals surface area contributed by atoms with E-state index in [2.05, 4.69) is 24.0 Å². The molecule has 0 atom stereocenters. The first-order chi connectivity index (χ1) is 9.15. The van der Waals surface area contributed by atoms with Crippen molar-refractivity contribution in [2.75, 3.05) is 0 Å². The molecule has 0 amide bonds. The van der Waals surface area contributed by atoms with Crippen molar-refractivity contribution in [3.8, 4) is 0 Å². The molecular formula is C15H16N2S2. The van der Waals surface area contributed by atoms with Gasteiger partial charge in [0.1, 0.15) is 5.49 Å². The Bertz CT molecular complexity index is 630. The highest BCUT2D eigenvalue weighted by Gasteiger charge is 1.98. The first-order valence-corrected chi connectivity index (χ1v) is 7.43. The summed E-state index contributed by atoms with van der Waals surface area (Å²) in [5.41, 5.74) is 3.36. The third kappa shape index (κ3) is 4.33. The predicted octanol–water partition coefficient (Wildman–Crippen LogP) is 3.45. The Morgan fingerprint density at radius 3 is 2.63 bits per heavy atom. The zero-order chi connectivity index (χ0) is 13.7. The van der Waals surface area contributed by atoms with E-state index < -0.39 is 0 Å². The Hall–Kier alpha value is -1.39. The molecule has 0 N–H and O–H groups in total. The van der Waals surface area contributed by atoms with Crippen LogP contribution in [0.3, 0.4) is 0 Å². The molecule has 0 radical (unpaired) electrons. The van der Waals surface area contributed by atoms with Crippen molar-refractivity contribution < 1.29 is 0 Å². The second kappa shape index (κ2) is 6.68. The molecule has 0 bridgehead atoms. The molecule has 0 aliphatic carbocycles. The maximum absolute atomic E-state index is 5.31. The fraction of sp³-hybridized carbons (Fsp3) is 0.200. The average molecular weight is 288 g/mol. The Morgan fingerprint density at radius 1 is 1.21 bits per heavy atom. The van der Waals surface area contributed by atoms with Gasteiger partial charge in [-0.05, 0) is 24.1 Å². The zero-order valence-corrected chi connectivity index (χ0v) is 12.7. The second-order valence-corrected chi connectivity index (χ2v) is 5.94. The van der Waals surface area contributed by atoms with Crippen LogP contribution in [0.2, 0.25) is 0 Å². The standard InChI is InChI=1S/C15H16N2S2/c1-12-8-9-14(17(2)10-12)16-15(18)19-11-13-6-4-3-5-7-13/h3-10H,11H2,1-2H3/b16-14+. The number of benzene rings is 1. The Labute approximate surface area is 123 Å². The topological polar surface area (TPSA) is 17.3 Å². The quantitative estimate of drug-likeness (QED) is 0.787. The van der Waals surface area contributed by atoms with Gasteiger partial charge in [-0.25, -0.2) is 4.99 Å². The second-order valence-electron chi connectivity index (χ2n) is 4.33. The molecule has 0 aliphatic rings. The molecule has 2 aromatic rings. The van der Waals surface area contributed by atoms with Crippen LogP contribution in [0.25, 0.3) is 0 Å². The van der Waals surface area contributed by atoms with E-state index >= 15 is 0 Å². The molecule has 1 heterocycles. The van der Waals surface area contributed by atoms with Gasteiger partial charge < -0.3 is 4.57 Å². The maximum atomic E-state index is 5.31. The summed E-state index contributed by atoms with van der Waals surface area (Å²) < 4.78 is 2.66. The number of thiocarbonyl (C=S) groups is 1. The first kappa shape index (κ1) is 14.0. The normalized spacial score (nSPS) is 11.6. The SMILES string of the molecule is Cc1cc/c(=N\C(=S)SCc2ccccc2)n(C)c1. The monoisotopic (exact) mass is 288 g/mol. The molecule has 0 spiro atoms. The lowest BCUT2D eigenvalue weighted by Gasteiger charge is -2.02. The average Bonchev–Trinajstić information content (AvgIpc) is 2.41. The molecule has 0 saturated heterocycles. The molecule has 19 heavy (non-hydrogen) atoms. The van der Waals surface area contributed by atoms with Crippen molar-refractivity contribution in [3.63, 3.8) is 0 Å². The number of thioether (sulfide) groups is 1. The van der Waals surface area contributed by atoms with Gasteiger partial charge in [0, 0.05) is 19.0 Å². The molecule has 98 valence electrons. The van der Waals surface area contributed by atoms with Gasteiger partial charge in [0.05, 0.1) is 0 Å². The van der Waals surface area contributed by atoms with Crippen LogP contribution in [-0.2, 0) is 12.8 Å². The fourth-order valence-electron chi connectivity index (χ4n) is 1.70. The van der Waals surface area contributed by atoms with Gasteiger partial charge in [-0.2, -0.15) is 0 Å². The Morgan fingerprint density at radius 2 is 1.95 bits per heavy atom. The van der Waals surface area contributed by atoms with Crippen LogP contribution in [-0.4, -0.2) is 8.89 Å². The van der Waals surface area contributed by atoms with Crippen LogP contribution in [0.15, 0.2) is 53.7 Å². The molecular weight excluding hydrogens is 272 g/mol. The van der Waals surface area contributed by atoms with Crippen molar-refractivity contribution >= 4 is 28.3 Å². The van der Waals surface area contributed by atoms with Crippen molar-refractivity contribution in [3.05, 3.63) is 65.3 Å². The molecule has 1 aromatic heterocycles. The van der Waals surface area contributed by atoms with E-state index in [-0.39, 0.29) is 0 Å². The summed E-state index contributed by atoms with van der Waals surface area (Å²) >= 11 is 6.90. The van der Waals surface area contributed by atoms with Gasteiger partial charge in [0.25, 0.3) is 0 Å². The van der Waals surface area contributed by atoms with Gasteiger partial charge in [-0.15, -0.1) is 0 Å². The summed E-state index contributed by atoms with van der Waals surface area (Å²) in [4.78, 5) is 4.47. The molecule has 4 heteroatoms. The minimum atomic E-state index is 0.670. The molecule has 2 rings (SSSR count). The molecule has 1 aromatic carbocycles. The van der Waals surface area contributed by atoms with Crippen molar-refractivity contribution in [1.82, 2.24) is 4.57 Å². The lowest BCUT2D eigenvalue weighted by molar-refractivity contribution is 0.833. The lowest BCUT2D eigenvalue weighted by Crippen LogP contribution is -2.18. The third-order valence-corrected chi connectivity index (χ3v) is 3.93. The summed E-state index contributed by atoms with van der Waals surface area (Å²) in [6.45, 7) is 2.06. The van der Waals surface area contributed by atoms with Crippen molar-refractivity contribution in [2.24, 2.45) is 12.0 Å². The smallest absolute Gasteiger partial charge is 0.162 e. The summed E-state index contributed by atoms with van der Waals surface area (Å²) in [5, 5.41) is 0. The van der Waals surface area contributed by atoms with Crippen LogP contribution in [0.1, 0.15) is 11.1 Å². The van der Waals surface area contributed by atoms with Crippen molar-refractivity contribution in [2.45, 2.75) is 12.7 Å². The van der Waals surface area contributed by atoms with Crippen LogP contribution in [0, 0.1) is 6.92 Å². The summed E-state index contributed by atoms with van der Waals surface area (Å²) in [5.74, 6) is 0.860. The largest absolute Gasteiger partial charge is 0.336 e. The highest BCUT2D eigenvalue weighted by molar-refractivity contribution is 8.22. The van der Waals surface area contributed by atoms with Crippen LogP contribution >= 0.6 is 24.0 Å².